The van der Waals surface area contributed by atoms with Crippen LogP contribution < -0.4 is 0 Å². The Bertz CT molecular complexity index is 1020. The highest BCUT2D eigenvalue weighted by Gasteiger charge is 2.36. The topological polar surface area (TPSA) is 35.0 Å². The number of aryl methyl sites for hydroxylation is 3. The van der Waals surface area contributed by atoms with Crippen molar-refractivity contribution in [1.29, 1.82) is 0 Å². The van der Waals surface area contributed by atoms with Gasteiger partial charge in [-0.05, 0) is 55.2 Å². The number of rotatable bonds is 7. The third-order valence-electron chi connectivity index (χ3n) is 4.62. The molecule has 1 heterocycles. The fourth-order valence-corrected chi connectivity index (χ4v) is 3.18. The van der Waals surface area contributed by atoms with Gasteiger partial charge in [0.1, 0.15) is 5.82 Å². The Labute approximate surface area is 181 Å². The standard InChI is InChI=1S/C23H20F6N2O/c1-15-30-20(12-21(31-15)14-32-13-16-5-3-2-4-6-16)8-7-17-9-18(22(24,25)26)11-19(10-17)23(27,28)29/h2-6,9-12H,7-8,13-14H2,1H3. The second-order valence-corrected chi connectivity index (χ2v) is 7.29. The summed E-state index contributed by atoms with van der Waals surface area (Å²) < 4.78 is 83.9. The minimum absolute atomic E-state index is 0.0340. The molecule has 32 heavy (non-hydrogen) atoms. The zero-order chi connectivity index (χ0) is 23.4. The van der Waals surface area contributed by atoms with Crippen LogP contribution in [0.5, 0.6) is 0 Å². The zero-order valence-electron chi connectivity index (χ0n) is 17.1. The number of hydrogen-bond donors (Lipinski definition) is 0. The van der Waals surface area contributed by atoms with Crippen LogP contribution in [0, 0.1) is 6.92 Å². The second-order valence-electron chi connectivity index (χ2n) is 7.29. The van der Waals surface area contributed by atoms with Crippen molar-refractivity contribution in [2.24, 2.45) is 0 Å². The van der Waals surface area contributed by atoms with Crippen molar-refractivity contribution in [3.05, 3.63) is 94.1 Å². The molecule has 1 aromatic heterocycles. The molecule has 9 heteroatoms. The van der Waals surface area contributed by atoms with E-state index in [0.29, 0.717) is 23.8 Å². The van der Waals surface area contributed by atoms with Gasteiger partial charge in [-0.1, -0.05) is 30.3 Å². The van der Waals surface area contributed by atoms with E-state index >= 15 is 0 Å². The molecule has 3 nitrogen and oxygen atoms in total. The number of hydrogen-bond acceptors (Lipinski definition) is 3. The molecule has 2 aromatic carbocycles. The summed E-state index contributed by atoms with van der Waals surface area (Å²) in [5, 5.41) is 0. The zero-order valence-corrected chi connectivity index (χ0v) is 17.1. The van der Waals surface area contributed by atoms with E-state index in [1.165, 1.54) is 0 Å². The normalized spacial score (nSPS) is 12.2. The predicted molar refractivity (Wildman–Crippen MR) is 106 cm³/mol. The Morgan fingerprint density at radius 3 is 1.88 bits per heavy atom. The summed E-state index contributed by atoms with van der Waals surface area (Å²) in [6, 6.07) is 12.8. The molecule has 0 saturated carbocycles. The van der Waals surface area contributed by atoms with Crippen molar-refractivity contribution >= 4 is 0 Å². The lowest BCUT2D eigenvalue weighted by Gasteiger charge is -2.14. The lowest BCUT2D eigenvalue weighted by molar-refractivity contribution is -0.143. The van der Waals surface area contributed by atoms with Gasteiger partial charge >= 0.3 is 12.4 Å². The Balaban J connectivity index is 1.71. The molecular formula is C23H20F6N2O. The molecular weight excluding hydrogens is 434 g/mol. The number of benzene rings is 2. The van der Waals surface area contributed by atoms with Crippen molar-refractivity contribution in [2.45, 2.75) is 45.3 Å². The minimum Gasteiger partial charge on any atom is -0.370 e. The first-order chi connectivity index (χ1) is 15.0. The Hall–Kier alpha value is -2.94. The summed E-state index contributed by atoms with van der Waals surface area (Å²) >= 11 is 0. The molecule has 0 atom stereocenters. The number of aromatic nitrogens is 2. The van der Waals surface area contributed by atoms with Gasteiger partial charge < -0.3 is 4.74 Å². The highest BCUT2D eigenvalue weighted by atomic mass is 19.4. The fraction of sp³-hybridized carbons (Fsp3) is 0.304. The number of halogens is 6. The van der Waals surface area contributed by atoms with E-state index in [9.17, 15) is 26.3 Å². The summed E-state index contributed by atoms with van der Waals surface area (Å²) in [4.78, 5) is 8.53. The SMILES string of the molecule is Cc1nc(CCc2cc(C(F)(F)F)cc(C(F)(F)F)c2)cc(COCc2ccccc2)n1. The van der Waals surface area contributed by atoms with E-state index in [1.54, 1.807) is 13.0 Å². The monoisotopic (exact) mass is 454 g/mol. The van der Waals surface area contributed by atoms with Gasteiger partial charge in [-0.2, -0.15) is 26.3 Å². The molecule has 0 amide bonds. The van der Waals surface area contributed by atoms with Crippen LogP contribution in [0.1, 0.15) is 39.5 Å². The quantitative estimate of drug-likeness (QED) is 0.392. The van der Waals surface area contributed by atoms with Gasteiger partial charge in [0, 0.05) is 5.69 Å². The van der Waals surface area contributed by atoms with Crippen molar-refractivity contribution in [3.8, 4) is 0 Å². The van der Waals surface area contributed by atoms with Crippen LogP contribution in [0.4, 0.5) is 26.3 Å². The molecule has 0 radical (unpaired) electrons. The third-order valence-corrected chi connectivity index (χ3v) is 4.62. The third kappa shape index (κ3) is 6.78. The van der Waals surface area contributed by atoms with E-state index in [2.05, 4.69) is 9.97 Å². The molecule has 3 rings (SSSR count). The van der Waals surface area contributed by atoms with Crippen molar-refractivity contribution in [1.82, 2.24) is 9.97 Å². The second kappa shape index (κ2) is 9.68. The van der Waals surface area contributed by atoms with Crippen LogP contribution in [0.15, 0.2) is 54.6 Å². The van der Waals surface area contributed by atoms with E-state index in [0.717, 1.165) is 17.7 Å². The molecule has 0 fully saturated rings. The number of nitrogens with zero attached hydrogens (tertiary/aromatic N) is 2. The maximum atomic E-state index is 13.0. The van der Waals surface area contributed by atoms with Crippen LogP contribution in [0.25, 0.3) is 0 Å². The van der Waals surface area contributed by atoms with Gasteiger partial charge in [0.2, 0.25) is 0 Å². The Kier molecular flexibility index (Phi) is 7.18. The molecule has 0 aliphatic rings. The largest absolute Gasteiger partial charge is 0.416 e. The molecule has 0 saturated heterocycles. The number of alkyl halides is 6. The first-order valence-electron chi connectivity index (χ1n) is 9.74. The van der Waals surface area contributed by atoms with Crippen LogP contribution >= 0.6 is 0 Å². The van der Waals surface area contributed by atoms with Gasteiger partial charge in [0.05, 0.1) is 30.0 Å². The fourth-order valence-electron chi connectivity index (χ4n) is 3.18. The Morgan fingerprint density at radius 2 is 1.28 bits per heavy atom. The van der Waals surface area contributed by atoms with Gasteiger partial charge in [0.15, 0.2) is 0 Å². The summed E-state index contributed by atoms with van der Waals surface area (Å²) in [5.41, 5.74) is -0.619. The van der Waals surface area contributed by atoms with Gasteiger partial charge in [-0.3, -0.25) is 0 Å². The first-order valence-corrected chi connectivity index (χ1v) is 9.74. The van der Waals surface area contributed by atoms with Gasteiger partial charge in [0.25, 0.3) is 0 Å². The molecule has 0 aliphatic carbocycles. The maximum absolute atomic E-state index is 13.0. The van der Waals surface area contributed by atoms with Gasteiger partial charge in [-0.25, -0.2) is 9.97 Å². The molecule has 0 spiro atoms. The molecule has 0 aliphatic heterocycles. The van der Waals surface area contributed by atoms with Crippen LogP contribution in [0.2, 0.25) is 0 Å². The van der Waals surface area contributed by atoms with E-state index in [-0.39, 0.29) is 31.1 Å². The maximum Gasteiger partial charge on any atom is 0.416 e. The highest BCUT2D eigenvalue weighted by molar-refractivity contribution is 5.34. The molecule has 0 unspecified atom stereocenters. The Morgan fingerprint density at radius 1 is 0.688 bits per heavy atom. The molecule has 0 N–H and O–H groups in total. The van der Waals surface area contributed by atoms with E-state index in [1.807, 2.05) is 30.3 Å². The lowest BCUT2D eigenvalue weighted by atomic mass is 10.0. The average molecular weight is 454 g/mol. The van der Waals surface area contributed by atoms with Gasteiger partial charge in [-0.15, -0.1) is 0 Å². The first kappa shape index (κ1) is 23.7. The minimum atomic E-state index is -4.87. The van der Waals surface area contributed by atoms with Crippen molar-refractivity contribution in [3.63, 3.8) is 0 Å². The number of ether oxygens (including phenoxy) is 1. The summed E-state index contributed by atoms with van der Waals surface area (Å²) in [5.74, 6) is 0.445. The summed E-state index contributed by atoms with van der Waals surface area (Å²) in [6.07, 6.45) is -9.61. The van der Waals surface area contributed by atoms with E-state index in [4.69, 9.17) is 4.74 Å². The lowest BCUT2D eigenvalue weighted by Crippen LogP contribution is -2.12. The molecule has 170 valence electrons. The average Bonchev–Trinajstić information content (AvgIpc) is 2.71. The van der Waals surface area contributed by atoms with Crippen LogP contribution in [-0.2, 0) is 43.1 Å². The highest BCUT2D eigenvalue weighted by Crippen LogP contribution is 2.36. The smallest absolute Gasteiger partial charge is 0.370 e. The molecule has 0 bridgehead atoms. The van der Waals surface area contributed by atoms with E-state index < -0.39 is 23.5 Å². The van der Waals surface area contributed by atoms with Crippen LogP contribution in [0.3, 0.4) is 0 Å². The van der Waals surface area contributed by atoms with Crippen molar-refractivity contribution in [2.75, 3.05) is 0 Å². The summed E-state index contributed by atoms with van der Waals surface area (Å²) in [7, 11) is 0. The summed E-state index contributed by atoms with van der Waals surface area (Å²) in [6.45, 7) is 2.24. The predicted octanol–water partition coefficient (Wildman–Crippen LogP) is 6.32. The van der Waals surface area contributed by atoms with Crippen LogP contribution in [-0.4, -0.2) is 9.97 Å². The van der Waals surface area contributed by atoms with Crippen molar-refractivity contribution < 1.29 is 31.1 Å². The molecule has 3 aromatic rings.